The molecule has 0 atom stereocenters. The summed E-state index contributed by atoms with van der Waals surface area (Å²) in [4.78, 5) is 4.54. The number of phenols is 4. The Kier molecular flexibility index (Phi) is 37.3. The van der Waals surface area contributed by atoms with Crippen molar-refractivity contribution >= 4 is 0 Å². The SMILES string of the molecule is COCCN(Cc1cc(C)cc(C2(C)c3ccccc3-c3ccccc32)c1O)Cc1cc(C)cc(C2(C)c3ccccc3-c3ccccc32)c1O.COCCN(Cc1cccc(C2(C)c3ccccc3-c3ccccc32)c1O)Cc1cc(C)cc(C2(C)c3ccccc3-c3ccccc32)c1O.[CH2-]c1ccccc1.[CH2-]c1ccccc1.[CH2-]c1ccccc1.[CH2-]c1ccccc1.[CH2-]c1ccccc1.[CH2-]c1ccccc1.[Hf+4].[Hf]. The van der Waals surface area contributed by atoms with E-state index in [0.717, 1.165) is 94.6 Å². The first-order chi connectivity index (χ1) is 69.3. The Balaban J connectivity index is 0.000000171. The maximum Gasteiger partial charge on any atom is 4.00 e. The van der Waals surface area contributed by atoms with Crippen LogP contribution in [-0.4, -0.2) is 70.7 Å². The Morgan fingerprint density at radius 1 is 0.214 bits per heavy atom. The molecule has 0 aliphatic heterocycles. The van der Waals surface area contributed by atoms with Gasteiger partial charge in [0.1, 0.15) is 23.0 Å². The van der Waals surface area contributed by atoms with Crippen molar-refractivity contribution < 1.29 is 81.6 Å². The fraction of sp³-hybridized carbons (Fsp3) is 0.156. The molecule has 4 aliphatic carbocycles. The van der Waals surface area contributed by atoms with E-state index in [-0.39, 0.29) is 51.7 Å². The van der Waals surface area contributed by atoms with Crippen molar-refractivity contribution in [1.29, 1.82) is 0 Å². The number of para-hydroxylation sites is 1. The second-order valence-corrected chi connectivity index (χ2v) is 38.0. The maximum absolute atomic E-state index is 12.2. The summed E-state index contributed by atoms with van der Waals surface area (Å²) in [5, 5.41) is 48.7. The Hall–Kier alpha value is -14.0. The Morgan fingerprint density at radius 3 is 0.566 bits per heavy atom. The summed E-state index contributed by atoms with van der Waals surface area (Å²) in [6.45, 7) is 41.9. The zero-order chi connectivity index (χ0) is 101. The predicted molar refractivity (Wildman–Crippen MR) is 594 cm³/mol. The first-order valence-electron chi connectivity index (χ1n) is 49.0. The number of hydrogen-bond donors (Lipinski definition) is 4. The number of benzene rings is 18. The standard InChI is InChI=1S/C47H45NO3.C46H43NO3.6C7H7.2Hf/c1-30-24-32(44(49)42(26-30)46(3)38-18-10-6-14-34(38)35-15-7-11-19-39(35)46)28-48(22-23-51-5)29-33-25-31(2)27-43(45(33)50)47(4)40-20-12-8-16-36(40)37-17-9-13-21-41(37)47;1-30-26-32(44(49)42(27-30)46(3)39-21-11-7-17-35(39)36-18-8-12-22-40(36)46)29-47(24-25-50-4)28-31-14-13-23-41(43(31)48)45(2)37-19-9-5-15-33(37)34-16-6-10-20-38(34)45;6*1-7-5-3-2-4-6-7;;/h6-21,24-27,49-50H,22-23,28-29H2,1-5H3;5-23,26-27,48-49H,24-25,28-29H2,1-4H3;6*2-6H,1H2;;/q;;6*-1;;+4. The Labute approximate surface area is 899 Å². The van der Waals surface area contributed by atoms with Crippen LogP contribution in [0.5, 0.6) is 23.0 Å². The summed E-state index contributed by atoms with van der Waals surface area (Å²) in [6.07, 6.45) is 0. The molecule has 0 bridgehead atoms. The molecule has 145 heavy (non-hydrogen) atoms. The number of hydrogen-bond acceptors (Lipinski definition) is 8. The van der Waals surface area contributed by atoms with Crippen molar-refractivity contribution in [3.05, 3.63) is 611 Å². The van der Waals surface area contributed by atoms with Crippen LogP contribution in [0.4, 0.5) is 0 Å². The van der Waals surface area contributed by atoms with Crippen molar-refractivity contribution in [3.8, 4) is 67.5 Å². The topological polar surface area (TPSA) is 106 Å². The van der Waals surface area contributed by atoms with E-state index in [2.05, 4.69) is 342 Å². The van der Waals surface area contributed by atoms with E-state index in [9.17, 15) is 20.4 Å². The molecule has 0 radical (unpaired) electrons. The van der Waals surface area contributed by atoms with Crippen molar-refractivity contribution in [2.45, 2.75) is 96.3 Å². The number of nitrogens with zero attached hydrogens (tertiary/aromatic N) is 2. The van der Waals surface area contributed by atoms with Crippen LogP contribution in [0.3, 0.4) is 0 Å². The van der Waals surface area contributed by atoms with Gasteiger partial charge >= 0.3 is 25.8 Å². The number of aryl methyl sites for hydroxylation is 3. The van der Waals surface area contributed by atoms with Gasteiger partial charge in [0.15, 0.2) is 0 Å². The van der Waals surface area contributed by atoms with Crippen LogP contribution in [0.25, 0.3) is 44.5 Å². The number of rotatable bonds is 18. The maximum atomic E-state index is 12.2. The van der Waals surface area contributed by atoms with Gasteiger partial charge in [0.2, 0.25) is 0 Å². The van der Waals surface area contributed by atoms with Crippen LogP contribution < -0.4 is 0 Å². The van der Waals surface area contributed by atoms with E-state index in [1.807, 2.05) is 188 Å². The van der Waals surface area contributed by atoms with Crippen molar-refractivity contribution in [2.24, 2.45) is 0 Å². The van der Waals surface area contributed by atoms with Crippen molar-refractivity contribution in [1.82, 2.24) is 9.80 Å². The summed E-state index contributed by atoms with van der Waals surface area (Å²) in [7, 11) is 3.43. The fourth-order valence-electron chi connectivity index (χ4n) is 20.9. The summed E-state index contributed by atoms with van der Waals surface area (Å²) < 4.78 is 11.2. The molecule has 0 spiro atoms. The average Bonchev–Trinajstić information content (AvgIpc) is 1.57. The number of fused-ring (bicyclic) bond motifs is 12. The third kappa shape index (κ3) is 24.3. The van der Waals surface area contributed by atoms with Crippen LogP contribution in [0.15, 0.2) is 431 Å². The third-order valence-corrected chi connectivity index (χ3v) is 28.0. The van der Waals surface area contributed by atoms with E-state index in [0.29, 0.717) is 75.5 Å². The molecule has 8 nitrogen and oxygen atoms in total. The van der Waals surface area contributed by atoms with Crippen LogP contribution in [0, 0.1) is 62.3 Å². The number of methoxy groups -OCH3 is 2. The molecule has 0 amide bonds. The molecule has 726 valence electrons. The van der Waals surface area contributed by atoms with Gasteiger partial charge in [-0.2, -0.15) is 148 Å². The van der Waals surface area contributed by atoms with Crippen LogP contribution in [0.1, 0.15) is 167 Å². The minimum atomic E-state index is -0.511. The first-order valence-corrected chi connectivity index (χ1v) is 49.0. The molecule has 4 aliphatic rings. The summed E-state index contributed by atoms with van der Waals surface area (Å²) >= 11 is 0. The minimum Gasteiger partial charge on any atom is -0.507 e. The predicted octanol–water partition coefficient (Wildman–Crippen LogP) is 31.0. The molecule has 4 N–H and O–H groups in total. The minimum absolute atomic E-state index is 0. The van der Waals surface area contributed by atoms with Crippen molar-refractivity contribution in [3.63, 3.8) is 0 Å². The monoisotopic (exact) mass is 2230 g/mol. The zero-order valence-electron chi connectivity index (χ0n) is 84.9. The molecule has 0 heterocycles. The van der Waals surface area contributed by atoms with E-state index >= 15 is 0 Å². The largest absolute Gasteiger partial charge is 4.00 e. The van der Waals surface area contributed by atoms with E-state index in [4.69, 9.17) is 9.47 Å². The first kappa shape index (κ1) is 108. The number of phenolic OH excluding ortho intramolecular Hbond substituents is 4. The van der Waals surface area contributed by atoms with Gasteiger partial charge in [0.05, 0.1) is 13.2 Å². The van der Waals surface area contributed by atoms with Gasteiger partial charge in [-0.3, -0.25) is 9.80 Å². The van der Waals surface area contributed by atoms with Crippen LogP contribution in [-0.2, 0) is 109 Å². The second-order valence-electron chi connectivity index (χ2n) is 38.0. The van der Waals surface area contributed by atoms with Crippen LogP contribution in [0.2, 0.25) is 0 Å². The van der Waals surface area contributed by atoms with Gasteiger partial charge in [-0.1, -0.05) is 302 Å². The van der Waals surface area contributed by atoms with E-state index in [1.54, 1.807) is 14.2 Å². The molecule has 0 fully saturated rings. The zero-order valence-corrected chi connectivity index (χ0v) is 92.1. The number of ether oxygens (including phenoxy) is 2. The summed E-state index contributed by atoms with van der Waals surface area (Å²) in [5.74, 6) is 1.26. The molecule has 18 aromatic carbocycles. The van der Waals surface area contributed by atoms with Gasteiger partial charge in [0.25, 0.3) is 0 Å². The molecule has 0 saturated carbocycles. The van der Waals surface area contributed by atoms with Gasteiger partial charge in [0, 0.05) is 145 Å². The van der Waals surface area contributed by atoms with Gasteiger partial charge in [-0.15, -0.1) is 72.8 Å². The quantitative estimate of drug-likeness (QED) is 0.0497. The Bertz CT molecular complexity index is 6660. The fourth-order valence-corrected chi connectivity index (χ4v) is 20.9. The second kappa shape index (κ2) is 50.0. The molecular weight excluding hydrogens is 2100 g/mol. The normalized spacial score (nSPS) is 12.7. The molecule has 22 rings (SSSR count). The van der Waals surface area contributed by atoms with Crippen LogP contribution >= 0.6 is 0 Å². The molecule has 0 unspecified atom stereocenters. The molecule has 0 aromatic heterocycles. The van der Waals surface area contributed by atoms with Gasteiger partial charge in [-0.05, 0) is 137 Å². The van der Waals surface area contributed by atoms with Crippen molar-refractivity contribution in [2.75, 3.05) is 40.5 Å². The smallest absolute Gasteiger partial charge is 0.507 e. The average molecular weight is 2230 g/mol. The number of aromatic hydroxyl groups is 4. The molecule has 18 aromatic rings. The molecule has 0 saturated heterocycles. The van der Waals surface area contributed by atoms with E-state index < -0.39 is 21.7 Å². The van der Waals surface area contributed by atoms with E-state index in [1.165, 1.54) is 89.0 Å². The van der Waals surface area contributed by atoms with Gasteiger partial charge < -0.3 is 29.9 Å². The molecule has 10 heteroatoms. The van der Waals surface area contributed by atoms with Gasteiger partial charge in [-0.25, -0.2) is 0 Å². The summed E-state index contributed by atoms with van der Waals surface area (Å²) in [5.41, 5.74) is 34.1. The summed E-state index contributed by atoms with van der Waals surface area (Å²) in [6, 6.07) is 147. The molecular formula is C135H130Hf2N2O6-2. The third-order valence-electron chi connectivity index (χ3n) is 28.0. The Morgan fingerprint density at radius 2 is 0.379 bits per heavy atom.